The topological polar surface area (TPSA) is 104 Å². The van der Waals surface area contributed by atoms with E-state index in [1.54, 1.807) is 0 Å². The van der Waals surface area contributed by atoms with E-state index in [1.807, 2.05) is 0 Å². The molecule has 0 saturated carbocycles. The summed E-state index contributed by atoms with van der Waals surface area (Å²) in [4.78, 5) is 21.8. The van der Waals surface area contributed by atoms with Crippen LogP contribution in [0, 0.1) is 10.1 Å². The second kappa shape index (κ2) is 5.21. The number of benzene rings is 1. The van der Waals surface area contributed by atoms with Crippen molar-refractivity contribution in [2.75, 3.05) is 6.54 Å². The van der Waals surface area contributed by atoms with Crippen LogP contribution in [0.2, 0.25) is 0 Å². The Balaban J connectivity index is 2.10. The highest BCUT2D eigenvalue weighted by molar-refractivity contribution is 5.95. The van der Waals surface area contributed by atoms with Crippen LogP contribution in [0.25, 0.3) is 0 Å². The Kier molecular flexibility index (Phi) is 3.46. The molecule has 19 heavy (non-hydrogen) atoms. The monoisotopic (exact) mass is 261 g/mol. The van der Waals surface area contributed by atoms with Gasteiger partial charge in [-0.1, -0.05) is 0 Å². The third-order valence-electron chi connectivity index (χ3n) is 2.52. The average Bonchev–Trinajstić information content (AvgIpc) is 2.41. The molecule has 98 valence electrons. The van der Waals surface area contributed by atoms with Gasteiger partial charge in [-0.2, -0.15) is 0 Å². The molecule has 0 spiro atoms. The number of aliphatic hydroxyl groups excluding tert-OH is 1. The van der Waals surface area contributed by atoms with Crippen molar-refractivity contribution in [3.63, 3.8) is 0 Å². The van der Waals surface area contributed by atoms with Crippen LogP contribution in [0.4, 0.5) is 5.69 Å². The molecule has 0 bridgehead atoms. The summed E-state index contributed by atoms with van der Waals surface area (Å²) in [7, 11) is 0. The first-order chi connectivity index (χ1) is 9.08. The molecular formula is C12H11N3O4. The SMILES string of the molecule is O=C(NC1=CNCC=C1O)c1ccc([N+](=O)[O-])cc1. The van der Waals surface area contributed by atoms with E-state index >= 15 is 0 Å². The van der Waals surface area contributed by atoms with Crippen LogP contribution < -0.4 is 10.6 Å². The second-order valence-corrected chi connectivity index (χ2v) is 3.81. The van der Waals surface area contributed by atoms with E-state index in [1.165, 1.54) is 36.5 Å². The first-order valence-electron chi connectivity index (χ1n) is 5.47. The van der Waals surface area contributed by atoms with Crippen LogP contribution in [-0.2, 0) is 0 Å². The minimum atomic E-state index is -0.538. The lowest BCUT2D eigenvalue weighted by Crippen LogP contribution is -2.28. The summed E-state index contributed by atoms with van der Waals surface area (Å²) in [6, 6.07) is 5.20. The van der Waals surface area contributed by atoms with Gasteiger partial charge in [0.1, 0.15) is 5.76 Å². The first-order valence-corrected chi connectivity index (χ1v) is 5.47. The lowest BCUT2D eigenvalue weighted by Gasteiger charge is -2.13. The maximum atomic E-state index is 11.9. The Morgan fingerprint density at radius 2 is 2.05 bits per heavy atom. The van der Waals surface area contributed by atoms with Gasteiger partial charge in [-0.3, -0.25) is 14.9 Å². The summed E-state index contributed by atoms with van der Waals surface area (Å²) in [5, 5.41) is 25.4. The van der Waals surface area contributed by atoms with Gasteiger partial charge in [0.25, 0.3) is 11.6 Å². The van der Waals surface area contributed by atoms with Crippen molar-refractivity contribution in [2.24, 2.45) is 0 Å². The Morgan fingerprint density at radius 3 is 2.63 bits per heavy atom. The summed E-state index contributed by atoms with van der Waals surface area (Å²) < 4.78 is 0. The van der Waals surface area contributed by atoms with E-state index in [2.05, 4.69) is 10.6 Å². The number of nitro benzene ring substituents is 1. The molecule has 7 heteroatoms. The quantitative estimate of drug-likeness (QED) is 0.560. The molecular weight excluding hydrogens is 250 g/mol. The van der Waals surface area contributed by atoms with Crippen molar-refractivity contribution in [2.45, 2.75) is 0 Å². The highest BCUT2D eigenvalue weighted by atomic mass is 16.6. The maximum Gasteiger partial charge on any atom is 0.269 e. The fraction of sp³-hybridized carbons (Fsp3) is 0.0833. The fourth-order valence-electron chi connectivity index (χ4n) is 1.53. The number of dihydropyridines is 1. The largest absolute Gasteiger partial charge is 0.506 e. The Morgan fingerprint density at radius 1 is 1.37 bits per heavy atom. The first kappa shape index (κ1) is 12.6. The van der Waals surface area contributed by atoms with E-state index in [4.69, 9.17) is 0 Å². The molecule has 1 aromatic carbocycles. The molecule has 0 aromatic heterocycles. The average molecular weight is 261 g/mol. The summed E-state index contributed by atoms with van der Waals surface area (Å²) in [6.45, 7) is 0.489. The normalized spacial score (nSPS) is 13.9. The summed E-state index contributed by atoms with van der Waals surface area (Å²) in [5.41, 5.74) is 0.442. The van der Waals surface area contributed by atoms with Crippen molar-refractivity contribution in [3.8, 4) is 0 Å². The van der Waals surface area contributed by atoms with Gasteiger partial charge in [0.2, 0.25) is 0 Å². The molecule has 1 aliphatic heterocycles. The summed E-state index contributed by atoms with van der Waals surface area (Å²) in [5.74, 6) is -0.473. The predicted molar refractivity (Wildman–Crippen MR) is 67.4 cm³/mol. The molecule has 3 N–H and O–H groups in total. The zero-order valence-corrected chi connectivity index (χ0v) is 9.79. The summed E-state index contributed by atoms with van der Waals surface area (Å²) >= 11 is 0. The Bertz CT molecular complexity index is 575. The van der Waals surface area contributed by atoms with Gasteiger partial charge in [0, 0.05) is 30.4 Å². The smallest absolute Gasteiger partial charge is 0.269 e. The van der Waals surface area contributed by atoms with E-state index in [-0.39, 0.29) is 22.7 Å². The Hall–Kier alpha value is -2.83. The molecule has 0 fully saturated rings. The zero-order chi connectivity index (χ0) is 13.8. The number of carbonyl (C=O) groups excluding carboxylic acids is 1. The van der Waals surface area contributed by atoms with E-state index in [0.717, 1.165) is 0 Å². The van der Waals surface area contributed by atoms with Gasteiger partial charge in [0.15, 0.2) is 0 Å². The standard InChI is InChI=1S/C12H11N3O4/c16-11-5-6-13-7-10(11)14-12(17)8-1-3-9(4-2-8)15(18)19/h1-5,7,13,16H,6H2,(H,14,17). The van der Waals surface area contributed by atoms with Crippen molar-refractivity contribution in [1.29, 1.82) is 0 Å². The maximum absolute atomic E-state index is 11.9. The molecule has 0 atom stereocenters. The number of non-ortho nitro benzene ring substituents is 1. The molecule has 0 radical (unpaired) electrons. The molecule has 0 saturated heterocycles. The molecule has 0 unspecified atom stereocenters. The molecule has 2 rings (SSSR count). The Labute approximate surface area is 108 Å². The molecule has 1 aliphatic rings. The molecule has 0 aliphatic carbocycles. The van der Waals surface area contributed by atoms with Crippen molar-refractivity contribution in [1.82, 2.24) is 10.6 Å². The number of nitro groups is 1. The highest BCUT2D eigenvalue weighted by Crippen LogP contribution is 2.13. The fourth-order valence-corrected chi connectivity index (χ4v) is 1.53. The second-order valence-electron chi connectivity index (χ2n) is 3.81. The number of rotatable bonds is 3. The zero-order valence-electron chi connectivity index (χ0n) is 9.79. The van der Waals surface area contributed by atoms with Crippen LogP contribution in [0.3, 0.4) is 0 Å². The van der Waals surface area contributed by atoms with Gasteiger partial charge >= 0.3 is 0 Å². The van der Waals surface area contributed by atoms with Crippen LogP contribution in [0.1, 0.15) is 10.4 Å². The highest BCUT2D eigenvalue weighted by Gasteiger charge is 2.13. The lowest BCUT2D eigenvalue weighted by atomic mass is 10.2. The molecule has 1 amide bonds. The molecule has 7 nitrogen and oxygen atoms in total. The number of aliphatic hydroxyl groups is 1. The van der Waals surface area contributed by atoms with E-state index in [9.17, 15) is 20.0 Å². The van der Waals surface area contributed by atoms with Crippen LogP contribution in [-0.4, -0.2) is 22.5 Å². The predicted octanol–water partition coefficient (Wildman–Crippen LogP) is 1.21. The number of nitrogens with zero attached hydrogens (tertiary/aromatic N) is 1. The van der Waals surface area contributed by atoms with Gasteiger partial charge in [-0.15, -0.1) is 0 Å². The lowest BCUT2D eigenvalue weighted by molar-refractivity contribution is -0.384. The third-order valence-corrected chi connectivity index (χ3v) is 2.52. The van der Waals surface area contributed by atoms with Crippen LogP contribution in [0.5, 0.6) is 0 Å². The number of nitrogens with one attached hydrogen (secondary N) is 2. The van der Waals surface area contributed by atoms with Crippen LogP contribution >= 0.6 is 0 Å². The molecule has 1 aromatic rings. The number of carbonyl (C=O) groups is 1. The minimum absolute atomic E-state index is 0.0194. The van der Waals surface area contributed by atoms with E-state index in [0.29, 0.717) is 6.54 Å². The van der Waals surface area contributed by atoms with Gasteiger partial charge in [-0.25, -0.2) is 0 Å². The number of amides is 1. The van der Waals surface area contributed by atoms with Gasteiger partial charge in [0.05, 0.1) is 10.6 Å². The number of hydrogen-bond donors (Lipinski definition) is 3. The van der Waals surface area contributed by atoms with Gasteiger partial charge in [-0.05, 0) is 18.2 Å². The minimum Gasteiger partial charge on any atom is -0.506 e. The summed E-state index contributed by atoms with van der Waals surface area (Å²) in [6.07, 6.45) is 3.00. The third kappa shape index (κ3) is 2.89. The molecule has 1 heterocycles. The van der Waals surface area contributed by atoms with Crippen LogP contribution in [0.15, 0.2) is 48.0 Å². The van der Waals surface area contributed by atoms with Crippen molar-refractivity contribution >= 4 is 11.6 Å². The number of hydrogen-bond acceptors (Lipinski definition) is 5. The van der Waals surface area contributed by atoms with Crippen molar-refractivity contribution < 1.29 is 14.8 Å². The van der Waals surface area contributed by atoms with E-state index < -0.39 is 10.8 Å². The van der Waals surface area contributed by atoms with Crippen molar-refractivity contribution in [3.05, 3.63) is 63.7 Å². The van der Waals surface area contributed by atoms with Gasteiger partial charge < -0.3 is 15.7 Å².